The first-order valence-corrected chi connectivity index (χ1v) is 51.8. The molecular weight excluding hydrogens is 1540 g/mol. The zero-order valence-electron chi connectivity index (χ0n) is 87.0. The van der Waals surface area contributed by atoms with Crippen molar-refractivity contribution in [1.29, 1.82) is 0 Å². The summed E-state index contributed by atoms with van der Waals surface area (Å²) in [4.78, 5) is 0. The molecule has 0 radical (unpaired) electrons. The third kappa shape index (κ3) is 66.9. The van der Waals surface area contributed by atoms with E-state index in [-0.39, 0.29) is 0 Å². The summed E-state index contributed by atoms with van der Waals surface area (Å²) in [7, 11) is 0. The molecule has 0 amide bonds. The zero-order valence-corrected chi connectivity index (χ0v) is 87.0. The Morgan fingerprint density at radius 3 is 0.584 bits per heavy atom. The summed E-state index contributed by atoms with van der Waals surface area (Å²) in [5, 5.41) is 57.5. The van der Waals surface area contributed by atoms with Crippen LogP contribution in [0, 0.1) is 82.9 Å². The first-order valence-electron chi connectivity index (χ1n) is 51.8. The van der Waals surface area contributed by atoms with E-state index in [1.807, 2.05) is 43.4 Å². The number of hydrogen-bond acceptors (Lipinski definition) is 14. The molecule has 0 unspecified atom stereocenters. The van der Waals surface area contributed by atoms with Gasteiger partial charge in [0.25, 0.3) is 0 Å². The van der Waals surface area contributed by atoms with E-state index in [0.29, 0.717) is 11.8 Å². The molecule has 0 aliphatic heterocycles. The van der Waals surface area contributed by atoms with Crippen molar-refractivity contribution in [2.24, 2.45) is 82.9 Å². The normalized spacial score (nSPS) is 11.7. The van der Waals surface area contributed by atoms with E-state index in [1.54, 1.807) is 0 Å². The van der Waals surface area contributed by atoms with Crippen molar-refractivity contribution in [3.8, 4) is 0 Å². The molecule has 21 nitrogen and oxygen atoms in total. The Bertz CT molecular complexity index is 3200. The summed E-state index contributed by atoms with van der Waals surface area (Å²) in [6, 6.07) is 0. The summed E-state index contributed by atoms with van der Waals surface area (Å²) in [5.41, 5.74) is 9.11. The minimum absolute atomic E-state index is 0.636. The van der Waals surface area contributed by atoms with Gasteiger partial charge in [-0.15, -0.1) is 35.7 Å². The van der Waals surface area contributed by atoms with Gasteiger partial charge in [0, 0.05) is 45.8 Å². The second-order valence-corrected chi connectivity index (χ2v) is 42.6. The molecule has 7 heterocycles. The van der Waals surface area contributed by atoms with Crippen LogP contribution in [0.25, 0.3) is 0 Å². The fourth-order valence-corrected chi connectivity index (χ4v) is 14.8. The number of aromatic nitrogens is 21. The molecule has 0 fully saturated rings. The molecule has 7 rings (SSSR count). The monoisotopic (exact) mass is 1740 g/mol. The SMILES string of the molecule is CC(C)CCCCCCCc1cnnn1CCC(C)C.CC(C)CCCCCCCc1cnnn1CCC(C)C.CC(C)CCCCCc1cnnn1CC(C)C.CC(C)CCCCCc1cnnn1CC(C)C.CC(C)CCCCn1nncc1CCC(C)C.CC(C)CCCc1cnnn1CCCC(C)C.CC(C)CCCc1cnnn1CCCC(C)C. The predicted molar refractivity (Wildman–Crippen MR) is 531 cm³/mol. The lowest BCUT2D eigenvalue weighted by molar-refractivity contribution is 0.453. The molecule has 7 aromatic rings. The Hall–Kier alpha value is -6.02. The standard InChI is InChI=1S/2C17H33N3.5C14H27N3/c2*1-15(2)10-8-6-5-7-9-11-17-14-18-19-20(17)13-12-16(3)4;2*1-12(2)7-5-9-14-11-15-16-17(14)10-6-8-13(3)4;1-12(2)7-5-6-10-17-14(11-15-16-17)9-8-13(3)4;2*1-12(2)8-6-5-7-9-14-10-15-16-17(14)11-13(3)4/h2*14-16H,5-13H2,1-4H3;3*11-13H,5-10H2,1-4H3;2*10,12-13H,5-9,11H2,1-4H3. The second-order valence-electron chi connectivity index (χ2n) is 42.6. The van der Waals surface area contributed by atoms with Crippen molar-refractivity contribution in [3.05, 3.63) is 83.2 Å². The molecule has 7 aromatic heterocycles. The van der Waals surface area contributed by atoms with Crippen molar-refractivity contribution >= 4 is 0 Å². The van der Waals surface area contributed by atoms with E-state index in [1.165, 1.54) is 258 Å². The van der Waals surface area contributed by atoms with Gasteiger partial charge >= 0.3 is 0 Å². The summed E-state index contributed by atoms with van der Waals surface area (Å²) < 4.78 is 14.6. The Balaban J connectivity index is 0.000000730. The van der Waals surface area contributed by atoms with Gasteiger partial charge in [-0.2, -0.15) is 0 Å². The minimum Gasteiger partial charge on any atom is -0.249 e. The third-order valence-corrected chi connectivity index (χ3v) is 22.8. The fourth-order valence-electron chi connectivity index (χ4n) is 14.8. The molecule has 0 aromatic carbocycles. The summed E-state index contributed by atoms with van der Waals surface area (Å²) in [5.74, 6) is 10.8. The lowest BCUT2D eigenvalue weighted by Crippen LogP contribution is -2.09. The van der Waals surface area contributed by atoms with Crippen molar-refractivity contribution < 1.29 is 0 Å². The maximum Gasteiger partial charge on any atom is 0.0725 e. The number of hydrogen-bond donors (Lipinski definition) is 0. The lowest BCUT2D eigenvalue weighted by atomic mass is 10.0. The van der Waals surface area contributed by atoms with Gasteiger partial charge in [0.15, 0.2) is 0 Å². The first kappa shape index (κ1) is 117. The minimum atomic E-state index is 0.636. The predicted octanol–water partition coefficient (Wildman–Crippen LogP) is 28.2. The zero-order chi connectivity index (χ0) is 93.0. The Kier molecular flexibility index (Phi) is 69.9. The number of rotatable bonds is 62. The van der Waals surface area contributed by atoms with Gasteiger partial charge in [-0.05, 0) is 218 Å². The fraction of sp³-hybridized carbons (Fsp3) is 0.865. The van der Waals surface area contributed by atoms with Gasteiger partial charge in [-0.3, -0.25) is 0 Å². The molecule has 125 heavy (non-hydrogen) atoms. The molecule has 0 saturated carbocycles. The van der Waals surface area contributed by atoms with Crippen LogP contribution in [-0.2, 0) is 90.8 Å². The van der Waals surface area contributed by atoms with Crippen LogP contribution in [0.3, 0.4) is 0 Å². The van der Waals surface area contributed by atoms with E-state index < -0.39 is 0 Å². The van der Waals surface area contributed by atoms with Gasteiger partial charge in [-0.25, -0.2) is 32.8 Å². The van der Waals surface area contributed by atoms with Gasteiger partial charge in [0.05, 0.1) is 83.2 Å². The molecule has 0 aliphatic carbocycles. The molecule has 0 atom stereocenters. The van der Waals surface area contributed by atoms with Gasteiger partial charge in [-0.1, -0.05) is 359 Å². The lowest BCUT2D eigenvalue weighted by Gasteiger charge is -2.08. The first-order chi connectivity index (χ1) is 59.6. The molecule has 0 bridgehead atoms. The summed E-state index contributed by atoms with van der Waals surface area (Å²) in [6.45, 7) is 70.7. The quantitative estimate of drug-likeness (QED) is 0.0324. The van der Waals surface area contributed by atoms with Crippen LogP contribution in [0.5, 0.6) is 0 Å². The van der Waals surface area contributed by atoms with E-state index >= 15 is 0 Å². The average Bonchev–Trinajstić information content (AvgIpc) is 1.82. The average molecular weight is 1750 g/mol. The number of aryl methyl sites for hydroxylation is 12. The van der Waals surface area contributed by atoms with E-state index in [4.69, 9.17) is 0 Å². The molecule has 722 valence electrons. The maximum absolute atomic E-state index is 4.20. The van der Waals surface area contributed by atoms with Crippen molar-refractivity contribution in [2.45, 2.75) is 503 Å². The Labute approximate surface area is 769 Å². The molecule has 0 aliphatic rings. The smallest absolute Gasteiger partial charge is 0.0725 e. The Morgan fingerprint density at radius 1 is 0.152 bits per heavy atom. The molecular formula is C104H201N21. The number of nitrogens with zero attached hydrogens (tertiary/aromatic N) is 21. The van der Waals surface area contributed by atoms with Crippen molar-refractivity contribution in [3.63, 3.8) is 0 Å². The van der Waals surface area contributed by atoms with E-state index in [9.17, 15) is 0 Å². The van der Waals surface area contributed by atoms with Gasteiger partial charge < -0.3 is 0 Å². The number of unbranched alkanes of at least 4 members (excludes halogenated alkanes) is 13. The van der Waals surface area contributed by atoms with Crippen molar-refractivity contribution in [2.75, 3.05) is 0 Å². The van der Waals surface area contributed by atoms with Gasteiger partial charge in [0.1, 0.15) is 0 Å². The maximum atomic E-state index is 4.20. The second kappa shape index (κ2) is 74.7. The van der Waals surface area contributed by atoms with Crippen LogP contribution in [0.2, 0.25) is 0 Å². The molecule has 0 N–H and O–H groups in total. The van der Waals surface area contributed by atoms with Crippen LogP contribution in [0.1, 0.15) is 452 Å². The van der Waals surface area contributed by atoms with Crippen LogP contribution in [0.4, 0.5) is 0 Å². The van der Waals surface area contributed by atoms with E-state index in [0.717, 1.165) is 162 Å². The topological polar surface area (TPSA) is 215 Å². The molecule has 21 heteroatoms. The highest BCUT2D eigenvalue weighted by Gasteiger charge is 2.14. The van der Waals surface area contributed by atoms with Gasteiger partial charge in [0.2, 0.25) is 0 Å². The molecule has 0 saturated heterocycles. The highest BCUT2D eigenvalue weighted by atomic mass is 15.5. The Morgan fingerprint density at radius 2 is 0.328 bits per heavy atom. The third-order valence-electron chi connectivity index (χ3n) is 22.8. The summed E-state index contributed by atoms with van der Waals surface area (Å²) in [6.07, 6.45) is 65.7. The van der Waals surface area contributed by atoms with Crippen LogP contribution in [0.15, 0.2) is 43.4 Å². The highest BCUT2D eigenvalue weighted by molar-refractivity contribution is 4.99. The summed E-state index contributed by atoms with van der Waals surface area (Å²) >= 11 is 0. The van der Waals surface area contributed by atoms with E-state index in [2.05, 4.69) is 299 Å². The van der Waals surface area contributed by atoms with Crippen LogP contribution in [-0.4, -0.2) is 105 Å². The van der Waals surface area contributed by atoms with Crippen LogP contribution < -0.4 is 0 Å². The van der Waals surface area contributed by atoms with Crippen LogP contribution >= 0.6 is 0 Å². The molecule has 0 spiro atoms. The highest BCUT2D eigenvalue weighted by Crippen LogP contribution is 2.21. The largest absolute Gasteiger partial charge is 0.249 e. The van der Waals surface area contributed by atoms with Crippen molar-refractivity contribution in [1.82, 2.24) is 105 Å².